The van der Waals surface area contributed by atoms with Gasteiger partial charge in [0.25, 0.3) is 0 Å². The molecule has 0 bridgehead atoms. The third-order valence-electron chi connectivity index (χ3n) is 2.65. The molecule has 0 aliphatic carbocycles. The fraction of sp³-hybridized carbons (Fsp3) is 0.571. The van der Waals surface area contributed by atoms with Crippen LogP contribution >= 0.6 is 0 Å². The summed E-state index contributed by atoms with van der Waals surface area (Å²) in [6, 6.07) is 6.80. The number of rotatable bonds is 6. The predicted molar refractivity (Wildman–Crippen MR) is 76.5 cm³/mol. The summed E-state index contributed by atoms with van der Waals surface area (Å²) in [6.45, 7) is 6.49. The Morgan fingerprint density at radius 1 is 1.16 bits per heavy atom. The van der Waals surface area contributed by atoms with Crippen molar-refractivity contribution in [3.8, 4) is 0 Å². The SMILES string of the molecule is CC(C)(C)CNS(=O)(=O)c1ccc(CCCO)cc1. The van der Waals surface area contributed by atoms with Crippen LogP contribution in [-0.4, -0.2) is 26.7 Å². The molecule has 2 N–H and O–H groups in total. The number of aliphatic hydroxyl groups excluding tert-OH is 1. The molecule has 1 rings (SSSR count). The number of hydrogen-bond donors (Lipinski definition) is 2. The normalized spacial score (nSPS) is 12.6. The van der Waals surface area contributed by atoms with Gasteiger partial charge in [0, 0.05) is 13.2 Å². The van der Waals surface area contributed by atoms with Crippen molar-refractivity contribution in [1.82, 2.24) is 4.72 Å². The summed E-state index contributed by atoms with van der Waals surface area (Å²) in [4.78, 5) is 0.282. The average Bonchev–Trinajstić information content (AvgIpc) is 2.34. The van der Waals surface area contributed by atoms with Crippen LogP contribution in [0.2, 0.25) is 0 Å². The zero-order valence-electron chi connectivity index (χ0n) is 11.8. The van der Waals surface area contributed by atoms with Crippen LogP contribution in [0.5, 0.6) is 0 Å². The van der Waals surface area contributed by atoms with Gasteiger partial charge in [0.05, 0.1) is 4.90 Å². The molecule has 4 nitrogen and oxygen atoms in total. The highest BCUT2D eigenvalue weighted by molar-refractivity contribution is 7.89. The molecule has 0 fully saturated rings. The molecule has 1 aromatic rings. The standard InChI is InChI=1S/C14H23NO3S/c1-14(2,3)11-15-19(17,18)13-8-6-12(7-9-13)5-4-10-16/h6-9,15-16H,4-5,10-11H2,1-3H3. The van der Waals surface area contributed by atoms with E-state index in [4.69, 9.17) is 5.11 Å². The van der Waals surface area contributed by atoms with Crippen molar-refractivity contribution in [2.24, 2.45) is 5.41 Å². The molecule has 0 atom stereocenters. The van der Waals surface area contributed by atoms with Gasteiger partial charge in [0.1, 0.15) is 0 Å². The summed E-state index contributed by atoms with van der Waals surface area (Å²) >= 11 is 0. The zero-order chi connectivity index (χ0) is 14.5. The van der Waals surface area contributed by atoms with Gasteiger partial charge < -0.3 is 5.11 Å². The van der Waals surface area contributed by atoms with Crippen LogP contribution in [0.4, 0.5) is 0 Å². The molecule has 1 aromatic carbocycles. The number of aryl methyl sites for hydroxylation is 1. The maximum Gasteiger partial charge on any atom is 0.240 e. The van der Waals surface area contributed by atoms with E-state index in [1.807, 2.05) is 20.8 Å². The quantitative estimate of drug-likeness (QED) is 0.839. The van der Waals surface area contributed by atoms with Crippen LogP contribution in [0.25, 0.3) is 0 Å². The Labute approximate surface area is 115 Å². The molecule has 0 unspecified atom stereocenters. The molecule has 0 aliphatic rings. The maximum absolute atomic E-state index is 12.1. The third-order valence-corrected chi connectivity index (χ3v) is 4.07. The van der Waals surface area contributed by atoms with Crippen LogP contribution in [-0.2, 0) is 16.4 Å². The molecule has 0 radical (unpaired) electrons. The molecule has 0 aromatic heterocycles. The van der Waals surface area contributed by atoms with E-state index in [1.165, 1.54) is 0 Å². The first-order valence-corrected chi connectivity index (χ1v) is 7.92. The van der Waals surface area contributed by atoms with E-state index < -0.39 is 10.0 Å². The molecule has 0 saturated heterocycles. The molecular formula is C14H23NO3S. The van der Waals surface area contributed by atoms with Gasteiger partial charge in [-0.2, -0.15) is 0 Å². The highest BCUT2D eigenvalue weighted by atomic mass is 32.2. The first-order chi connectivity index (χ1) is 8.74. The molecule has 19 heavy (non-hydrogen) atoms. The minimum Gasteiger partial charge on any atom is -0.396 e. The van der Waals surface area contributed by atoms with Gasteiger partial charge in [-0.15, -0.1) is 0 Å². The fourth-order valence-electron chi connectivity index (χ4n) is 1.51. The topological polar surface area (TPSA) is 66.4 Å². The van der Waals surface area contributed by atoms with E-state index in [-0.39, 0.29) is 16.9 Å². The predicted octanol–water partition coefficient (Wildman–Crippen LogP) is 1.94. The van der Waals surface area contributed by atoms with Crippen molar-refractivity contribution >= 4 is 10.0 Å². The van der Waals surface area contributed by atoms with Crippen LogP contribution in [0.3, 0.4) is 0 Å². The van der Waals surface area contributed by atoms with E-state index in [2.05, 4.69) is 4.72 Å². The molecule has 0 spiro atoms. The molecule has 5 heteroatoms. The Hall–Kier alpha value is -0.910. The Bertz CT molecular complexity index is 486. The van der Waals surface area contributed by atoms with Gasteiger partial charge in [-0.1, -0.05) is 32.9 Å². The minimum atomic E-state index is -3.43. The highest BCUT2D eigenvalue weighted by Crippen LogP contribution is 2.15. The lowest BCUT2D eigenvalue weighted by Gasteiger charge is -2.18. The number of sulfonamides is 1. The molecule has 108 valence electrons. The lowest BCUT2D eigenvalue weighted by molar-refractivity contribution is 0.288. The monoisotopic (exact) mass is 285 g/mol. The van der Waals surface area contributed by atoms with Crippen molar-refractivity contribution in [2.75, 3.05) is 13.2 Å². The third kappa shape index (κ3) is 5.72. The van der Waals surface area contributed by atoms with Crippen LogP contribution in [0.1, 0.15) is 32.8 Å². The van der Waals surface area contributed by atoms with Gasteiger partial charge in [-0.3, -0.25) is 0 Å². The van der Waals surface area contributed by atoms with Gasteiger partial charge in [-0.25, -0.2) is 13.1 Å². The largest absolute Gasteiger partial charge is 0.396 e. The van der Waals surface area contributed by atoms with Gasteiger partial charge in [0.15, 0.2) is 0 Å². The number of nitrogens with one attached hydrogen (secondary N) is 1. The number of hydrogen-bond acceptors (Lipinski definition) is 3. The van der Waals surface area contributed by atoms with Crippen molar-refractivity contribution in [3.63, 3.8) is 0 Å². The first kappa shape index (κ1) is 16.1. The minimum absolute atomic E-state index is 0.0892. The molecule has 0 aliphatic heterocycles. The molecule has 0 heterocycles. The Kier molecular flexibility index (Phi) is 5.52. The van der Waals surface area contributed by atoms with E-state index in [1.54, 1.807) is 24.3 Å². The zero-order valence-corrected chi connectivity index (χ0v) is 12.6. The van der Waals surface area contributed by atoms with Gasteiger partial charge in [-0.05, 0) is 36.0 Å². The summed E-state index contributed by atoms with van der Waals surface area (Å²) in [7, 11) is -3.43. The second-order valence-corrected chi connectivity index (χ2v) is 7.62. The molecule has 0 saturated carbocycles. The fourth-order valence-corrected chi connectivity index (χ4v) is 2.80. The first-order valence-electron chi connectivity index (χ1n) is 6.44. The second kappa shape index (κ2) is 6.50. The van der Waals surface area contributed by atoms with E-state index in [0.717, 1.165) is 12.0 Å². The van der Waals surface area contributed by atoms with Crippen LogP contribution in [0.15, 0.2) is 29.2 Å². The van der Waals surface area contributed by atoms with Gasteiger partial charge >= 0.3 is 0 Å². The number of aliphatic hydroxyl groups is 1. The van der Waals surface area contributed by atoms with E-state index >= 15 is 0 Å². The lowest BCUT2D eigenvalue weighted by atomic mass is 9.98. The summed E-state index contributed by atoms with van der Waals surface area (Å²) in [5.74, 6) is 0. The van der Waals surface area contributed by atoms with Crippen molar-refractivity contribution in [2.45, 2.75) is 38.5 Å². The van der Waals surface area contributed by atoms with Crippen molar-refractivity contribution in [3.05, 3.63) is 29.8 Å². The van der Waals surface area contributed by atoms with Crippen molar-refractivity contribution < 1.29 is 13.5 Å². The van der Waals surface area contributed by atoms with E-state index in [9.17, 15) is 8.42 Å². The van der Waals surface area contributed by atoms with Crippen LogP contribution < -0.4 is 4.72 Å². The Morgan fingerprint density at radius 2 is 1.74 bits per heavy atom. The summed E-state index contributed by atoms with van der Waals surface area (Å²) < 4.78 is 26.7. The highest BCUT2D eigenvalue weighted by Gasteiger charge is 2.18. The van der Waals surface area contributed by atoms with Crippen molar-refractivity contribution in [1.29, 1.82) is 0 Å². The van der Waals surface area contributed by atoms with Crippen LogP contribution in [0, 0.1) is 5.41 Å². The summed E-state index contributed by atoms with van der Waals surface area (Å²) in [5, 5.41) is 8.75. The molecule has 0 amide bonds. The smallest absolute Gasteiger partial charge is 0.240 e. The summed E-state index contributed by atoms with van der Waals surface area (Å²) in [5.41, 5.74) is 0.942. The Morgan fingerprint density at radius 3 is 2.21 bits per heavy atom. The summed E-state index contributed by atoms with van der Waals surface area (Å²) in [6.07, 6.45) is 1.45. The van der Waals surface area contributed by atoms with Gasteiger partial charge in [0.2, 0.25) is 10.0 Å². The van der Waals surface area contributed by atoms with E-state index in [0.29, 0.717) is 13.0 Å². The Balaban J connectivity index is 2.73. The maximum atomic E-state index is 12.1. The second-order valence-electron chi connectivity index (χ2n) is 5.86. The lowest BCUT2D eigenvalue weighted by Crippen LogP contribution is -2.32. The molecular weight excluding hydrogens is 262 g/mol. The average molecular weight is 285 g/mol. The number of benzene rings is 1.